The highest BCUT2D eigenvalue weighted by Crippen LogP contribution is 2.40. The van der Waals surface area contributed by atoms with E-state index in [0.717, 1.165) is 22.5 Å². The first-order valence-corrected chi connectivity index (χ1v) is 11.3. The minimum Gasteiger partial charge on any atom is -0.347 e. The normalized spacial score (nSPS) is 16.8. The summed E-state index contributed by atoms with van der Waals surface area (Å²) in [6, 6.07) is 15.7. The molecule has 2 aromatic carbocycles. The number of carbonyl (C=O) groups excluding carboxylic acids is 1. The van der Waals surface area contributed by atoms with Crippen molar-refractivity contribution < 1.29 is 4.79 Å². The standard InChI is InChI=1S/C27H31N5O.ClH/c1-18-7-6-8-23(19(18)2)31-16-25(27(3,4)5)32(26(31)33)24(22-15-29-17-30-22)13-20-9-11-21(14-28)12-10-20;/h6-12,15,17,24-25H,13,16H2,1-5H3,(H,29,30);1H/t24-,25?;/m0./s1. The van der Waals surface area contributed by atoms with Crippen molar-refractivity contribution in [3.8, 4) is 6.07 Å². The lowest BCUT2D eigenvalue weighted by atomic mass is 9.85. The zero-order chi connectivity index (χ0) is 23.8. The molecular weight excluding hydrogens is 446 g/mol. The lowest BCUT2D eigenvalue weighted by Gasteiger charge is -2.38. The van der Waals surface area contributed by atoms with E-state index >= 15 is 0 Å². The zero-order valence-electron chi connectivity index (χ0n) is 20.4. The Kier molecular flexibility index (Phi) is 7.38. The average molecular weight is 478 g/mol. The Labute approximate surface area is 208 Å². The lowest BCUT2D eigenvalue weighted by Crippen LogP contribution is -2.45. The minimum atomic E-state index is -0.202. The maximum Gasteiger partial charge on any atom is 0.325 e. The number of hydrogen-bond acceptors (Lipinski definition) is 3. The Hall–Kier alpha value is -3.30. The van der Waals surface area contributed by atoms with Crippen LogP contribution in [-0.4, -0.2) is 33.5 Å². The van der Waals surface area contributed by atoms with E-state index in [0.29, 0.717) is 18.5 Å². The molecule has 0 bridgehead atoms. The number of imidazole rings is 1. The van der Waals surface area contributed by atoms with Crippen LogP contribution in [0.2, 0.25) is 0 Å². The van der Waals surface area contributed by atoms with E-state index in [2.05, 4.69) is 56.7 Å². The minimum absolute atomic E-state index is 0. The number of benzene rings is 2. The van der Waals surface area contributed by atoms with Crippen molar-refractivity contribution in [2.75, 3.05) is 11.4 Å². The molecule has 3 aromatic rings. The van der Waals surface area contributed by atoms with Crippen molar-refractivity contribution in [3.05, 3.63) is 82.9 Å². The van der Waals surface area contributed by atoms with Gasteiger partial charge in [0.05, 0.1) is 41.9 Å². The second kappa shape index (κ2) is 9.90. The number of anilines is 1. The van der Waals surface area contributed by atoms with Crippen molar-refractivity contribution in [3.63, 3.8) is 0 Å². The summed E-state index contributed by atoms with van der Waals surface area (Å²) in [6.07, 6.45) is 4.10. The molecule has 7 heteroatoms. The van der Waals surface area contributed by atoms with Gasteiger partial charge in [0.25, 0.3) is 0 Å². The van der Waals surface area contributed by atoms with Crippen LogP contribution in [0.4, 0.5) is 10.5 Å². The number of nitrogens with one attached hydrogen (secondary N) is 1. The van der Waals surface area contributed by atoms with E-state index in [1.807, 2.05) is 52.4 Å². The highest BCUT2D eigenvalue weighted by atomic mass is 35.5. The number of urea groups is 1. The molecule has 1 fully saturated rings. The van der Waals surface area contributed by atoms with Gasteiger partial charge in [-0.2, -0.15) is 5.26 Å². The molecule has 178 valence electrons. The lowest BCUT2D eigenvalue weighted by molar-refractivity contribution is 0.118. The Balaban J connectivity index is 0.00000324. The van der Waals surface area contributed by atoms with Gasteiger partial charge in [0.2, 0.25) is 0 Å². The van der Waals surface area contributed by atoms with Crippen molar-refractivity contribution in [2.45, 2.75) is 53.1 Å². The SMILES string of the molecule is Cc1cccc(N2CC(C(C)(C)C)N([C@@H](Cc3ccc(C#N)cc3)c3cnc[nH]3)C2=O)c1C.Cl. The summed E-state index contributed by atoms with van der Waals surface area (Å²) in [5, 5.41) is 9.15. The molecule has 0 radical (unpaired) electrons. The van der Waals surface area contributed by atoms with Crippen molar-refractivity contribution >= 4 is 24.1 Å². The van der Waals surface area contributed by atoms with Crippen LogP contribution >= 0.6 is 12.4 Å². The van der Waals surface area contributed by atoms with Gasteiger partial charge in [-0.25, -0.2) is 9.78 Å². The quantitative estimate of drug-likeness (QED) is 0.492. The van der Waals surface area contributed by atoms with Gasteiger partial charge in [0, 0.05) is 12.2 Å². The molecule has 1 N–H and O–H groups in total. The van der Waals surface area contributed by atoms with Crippen LogP contribution in [0.1, 0.15) is 54.8 Å². The summed E-state index contributed by atoms with van der Waals surface area (Å²) in [5.74, 6) is 0. The van der Waals surface area contributed by atoms with Crippen molar-refractivity contribution in [2.24, 2.45) is 5.41 Å². The van der Waals surface area contributed by atoms with Gasteiger partial charge in [-0.05, 0) is 60.6 Å². The Morgan fingerprint density at radius 1 is 1.18 bits per heavy atom. The number of aromatic amines is 1. The Morgan fingerprint density at radius 2 is 1.88 bits per heavy atom. The monoisotopic (exact) mass is 477 g/mol. The van der Waals surface area contributed by atoms with Crippen LogP contribution in [0.15, 0.2) is 55.0 Å². The molecule has 0 spiro atoms. The Bertz CT molecular complexity index is 1180. The number of carbonyl (C=O) groups is 1. The molecular formula is C27H32ClN5O. The number of amides is 2. The first-order valence-electron chi connectivity index (χ1n) is 11.3. The molecule has 4 rings (SSSR count). The molecule has 2 atom stereocenters. The molecule has 2 heterocycles. The molecule has 34 heavy (non-hydrogen) atoms. The van der Waals surface area contributed by atoms with Crippen LogP contribution in [0, 0.1) is 30.6 Å². The number of nitrogens with zero attached hydrogens (tertiary/aromatic N) is 4. The molecule has 2 amide bonds. The maximum atomic E-state index is 14.0. The summed E-state index contributed by atoms with van der Waals surface area (Å²) < 4.78 is 0. The van der Waals surface area contributed by atoms with Gasteiger partial charge in [0.1, 0.15) is 0 Å². The fourth-order valence-electron chi connectivity index (χ4n) is 4.63. The van der Waals surface area contributed by atoms with Gasteiger partial charge >= 0.3 is 6.03 Å². The number of nitriles is 1. The van der Waals surface area contributed by atoms with E-state index < -0.39 is 0 Å². The third-order valence-electron chi connectivity index (χ3n) is 6.74. The highest BCUT2D eigenvalue weighted by molar-refractivity contribution is 5.96. The summed E-state index contributed by atoms with van der Waals surface area (Å²) >= 11 is 0. The summed E-state index contributed by atoms with van der Waals surface area (Å²) in [7, 11) is 0. The van der Waals surface area contributed by atoms with Crippen molar-refractivity contribution in [1.82, 2.24) is 14.9 Å². The van der Waals surface area contributed by atoms with Crippen LogP contribution in [0.3, 0.4) is 0 Å². The molecule has 1 saturated heterocycles. The number of rotatable bonds is 5. The fraction of sp³-hybridized carbons (Fsp3) is 0.370. The highest BCUT2D eigenvalue weighted by Gasteiger charge is 2.47. The number of hydrogen-bond donors (Lipinski definition) is 1. The third kappa shape index (κ3) is 4.80. The predicted octanol–water partition coefficient (Wildman–Crippen LogP) is 5.96. The van der Waals surface area contributed by atoms with Gasteiger partial charge < -0.3 is 9.88 Å². The molecule has 1 unspecified atom stereocenters. The van der Waals surface area contributed by atoms with Crippen LogP contribution < -0.4 is 4.90 Å². The molecule has 0 saturated carbocycles. The van der Waals surface area contributed by atoms with Crippen LogP contribution in [0.25, 0.3) is 0 Å². The topological polar surface area (TPSA) is 76.0 Å². The van der Waals surface area contributed by atoms with E-state index in [1.54, 1.807) is 6.33 Å². The molecule has 1 aromatic heterocycles. The third-order valence-corrected chi connectivity index (χ3v) is 6.74. The van der Waals surface area contributed by atoms with E-state index in [4.69, 9.17) is 5.26 Å². The largest absolute Gasteiger partial charge is 0.347 e. The number of halogens is 1. The van der Waals surface area contributed by atoms with Gasteiger partial charge in [-0.3, -0.25) is 4.90 Å². The van der Waals surface area contributed by atoms with Gasteiger partial charge in [-0.1, -0.05) is 45.0 Å². The maximum absolute atomic E-state index is 14.0. The Morgan fingerprint density at radius 3 is 2.47 bits per heavy atom. The summed E-state index contributed by atoms with van der Waals surface area (Å²) in [4.78, 5) is 25.5. The molecule has 6 nitrogen and oxygen atoms in total. The second-order valence-electron chi connectivity index (χ2n) is 9.94. The van der Waals surface area contributed by atoms with E-state index in [-0.39, 0.29) is 35.9 Å². The summed E-state index contributed by atoms with van der Waals surface area (Å²) in [6.45, 7) is 11.4. The zero-order valence-corrected chi connectivity index (χ0v) is 21.2. The smallest absolute Gasteiger partial charge is 0.325 e. The first-order chi connectivity index (χ1) is 15.7. The summed E-state index contributed by atoms with van der Waals surface area (Å²) in [5.41, 5.74) is 5.76. The average Bonchev–Trinajstić information content (AvgIpc) is 3.43. The molecule has 1 aliphatic rings. The van der Waals surface area contributed by atoms with E-state index in [9.17, 15) is 4.79 Å². The van der Waals surface area contributed by atoms with Gasteiger partial charge in [0.15, 0.2) is 0 Å². The predicted molar refractivity (Wildman–Crippen MR) is 137 cm³/mol. The van der Waals surface area contributed by atoms with Crippen LogP contribution in [-0.2, 0) is 6.42 Å². The number of H-pyrrole nitrogens is 1. The van der Waals surface area contributed by atoms with E-state index in [1.165, 1.54) is 5.56 Å². The fourth-order valence-corrected chi connectivity index (χ4v) is 4.63. The molecule has 1 aliphatic heterocycles. The van der Waals surface area contributed by atoms with Gasteiger partial charge in [-0.15, -0.1) is 12.4 Å². The second-order valence-corrected chi connectivity index (χ2v) is 9.94. The van der Waals surface area contributed by atoms with Crippen molar-refractivity contribution in [1.29, 1.82) is 5.26 Å². The number of aryl methyl sites for hydroxylation is 1. The first kappa shape index (κ1) is 25.3. The van der Waals surface area contributed by atoms with Crippen LogP contribution in [0.5, 0.6) is 0 Å². The number of aromatic nitrogens is 2. The molecule has 0 aliphatic carbocycles.